The molecule has 1 aliphatic rings. The Morgan fingerprint density at radius 3 is 3.00 bits per heavy atom. The highest BCUT2D eigenvalue weighted by atomic mass is 16.3. The van der Waals surface area contributed by atoms with Gasteiger partial charge in [-0.25, -0.2) is 0 Å². The fourth-order valence-electron chi connectivity index (χ4n) is 1.76. The largest absolute Gasteiger partial charge is 0.384 e. The summed E-state index contributed by atoms with van der Waals surface area (Å²) >= 11 is 0. The number of pyridine rings is 1. The molecular weight excluding hydrogens is 164 g/mol. The van der Waals surface area contributed by atoms with Crippen LogP contribution < -0.4 is 5.32 Å². The number of aliphatic hydroxyl groups is 1. The van der Waals surface area contributed by atoms with E-state index in [1.807, 2.05) is 6.07 Å². The predicted octanol–water partition coefficient (Wildman–Crippen LogP) is 1.28. The van der Waals surface area contributed by atoms with Crippen LogP contribution in [0.3, 0.4) is 0 Å². The lowest BCUT2D eigenvalue weighted by atomic mass is 9.98. The van der Waals surface area contributed by atoms with Gasteiger partial charge in [-0.2, -0.15) is 0 Å². The minimum atomic E-state index is -0.836. The van der Waals surface area contributed by atoms with Crippen LogP contribution in [0.5, 0.6) is 0 Å². The van der Waals surface area contributed by atoms with E-state index < -0.39 is 5.60 Å². The summed E-state index contributed by atoms with van der Waals surface area (Å²) in [4.78, 5) is 4.23. The first-order chi connectivity index (χ1) is 6.09. The van der Waals surface area contributed by atoms with E-state index in [4.69, 9.17) is 0 Å². The Kier molecular flexibility index (Phi) is 1.77. The summed E-state index contributed by atoms with van der Waals surface area (Å²) in [6.45, 7) is 4.49. The van der Waals surface area contributed by atoms with Crippen molar-refractivity contribution in [1.82, 2.24) is 4.98 Å². The van der Waals surface area contributed by atoms with E-state index in [0.29, 0.717) is 0 Å². The van der Waals surface area contributed by atoms with Crippen molar-refractivity contribution in [3.63, 3.8) is 0 Å². The number of rotatable bonds is 1. The van der Waals surface area contributed by atoms with Crippen LogP contribution in [0.25, 0.3) is 0 Å². The van der Waals surface area contributed by atoms with Gasteiger partial charge in [-0.05, 0) is 26.3 Å². The van der Waals surface area contributed by atoms with Gasteiger partial charge in [0.2, 0.25) is 0 Å². The van der Waals surface area contributed by atoms with Crippen LogP contribution in [0, 0.1) is 0 Å². The van der Waals surface area contributed by atoms with Crippen LogP contribution in [0.4, 0.5) is 5.69 Å². The second-order valence-electron chi connectivity index (χ2n) is 3.92. The van der Waals surface area contributed by atoms with Crippen molar-refractivity contribution in [2.45, 2.75) is 25.9 Å². The van der Waals surface area contributed by atoms with Gasteiger partial charge in [0.1, 0.15) is 5.60 Å². The Morgan fingerprint density at radius 2 is 2.31 bits per heavy atom. The summed E-state index contributed by atoms with van der Waals surface area (Å²) in [5.41, 5.74) is 2.24. The zero-order chi connectivity index (χ0) is 9.47. The number of hydrogen-bond donors (Lipinski definition) is 2. The minimum Gasteiger partial charge on any atom is -0.384 e. The maximum Gasteiger partial charge on any atom is 0.101 e. The summed E-state index contributed by atoms with van der Waals surface area (Å²) in [7, 11) is 0. The molecule has 1 aliphatic heterocycles. The molecule has 0 saturated carbocycles. The molecular formula is C10H14N2O. The molecule has 0 aromatic carbocycles. The standard InChI is InChI=1S/C10H14N2O/c1-10(2,13)9-7-3-5-11-8(7)4-6-12-9/h4,6,11,13H,3,5H2,1-2H3. The highest BCUT2D eigenvalue weighted by Gasteiger charge is 2.25. The quantitative estimate of drug-likeness (QED) is 0.681. The highest BCUT2D eigenvalue weighted by Crippen LogP contribution is 2.30. The maximum absolute atomic E-state index is 9.86. The molecule has 3 heteroatoms. The number of hydrogen-bond acceptors (Lipinski definition) is 3. The van der Waals surface area contributed by atoms with Crippen LogP contribution >= 0.6 is 0 Å². The highest BCUT2D eigenvalue weighted by molar-refractivity contribution is 5.57. The van der Waals surface area contributed by atoms with Crippen molar-refractivity contribution < 1.29 is 5.11 Å². The molecule has 13 heavy (non-hydrogen) atoms. The number of nitrogens with zero attached hydrogens (tertiary/aromatic N) is 1. The molecule has 3 nitrogen and oxygen atoms in total. The zero-order valence-electron chi connectivity index (χ0n) is 7.96. The van der Waals surface area contributed by atoms with E-state index in [1.165, 1.54) is 0 Å². The molecule has 0 unspecified atom stereocenters. The van der Waals surface area contributed by atoms with Crippen molar-refractivity contribution in [2.75, 3.05) is 11.9 Å². The summed E-state index contributed by atoms with van der Waals surface area (Å²) in [6, 6.07) is 1.96. The summed E-state index contributed by atoms with van der Waals surface area (Å²) in [5.74, 6) is 0. The molecule has 1 aromatic rings. The Morgan fingerprint density at radius 1 is 1.54 bits per heavy atom. The van der Waals surface area contributed by atoms with E-state index in [2.05, 4.69) is 10.3 Å². The molecule has 0 radical (unpaired) electrons. The van der Waals surface area contributed by atoms with Crippen LogP contribution in [-0.4, -0.2) is 16.6 Å². The van der Waals surface area contributed by atoms with Crippen molar-refractivity contribution in [2.24, 2.45) is 0 Å². The van der Waals surface area contributed by atoms with Gasteiger partial charge in [-0.3, -0.25) is 4.98 Å². The van der Waals surface area contributed by atoms with Gasteiger partial charge in [0.25, 0.3) is 0 Å². The number of aromatic nitrogens is 1. The summed E-state index contributed by atoms with van der Waals surface area (Å²) in [6.07, 6.45) is 2.70. The number of anilines is 1. The van der Waals surface area contributed by atoms with Crippen LogP contribution in [0.15, 0.2) is 12.3 Å². The Balaban J connectivity index is 2.54. The molecule has 0 bridgehead atoms. The third-order valence-corrected chi connectivity index (χ3v) is 2.33. The van der Waals surface area contributed by atoms with Crippen molar-refractivity contribution in [1.29, 1.82) is 0 Å². The molecule has 2 N–H and O–H groups in total. The average molecular weight is 178 g/mol. The van der Waals surface area contributed by atoms with Crippen LogP contribution in [0.2, 0.25) is 0 Å². The first-order valence-electron chi connectivity index (χ1n) is 4.53. The van der Waals surface area contributed by atoms with Gasteiger partial charge in [0.15, 0.2) is 0 Å². The second kappa shape index (κ2) is 2.70. The molecule has 0 amide bonds. The molecule has 0 aliphatic carbocycles. The average Bonchev–Trinajstić information content (AvgIpc) is 2.48. The van der Waals surface area contributed by atoms with Gasteiger partial charge >= 0.3 is 0 Å². The molecule has 0 atom stereocenters. The number of fused-ring (bicyclic) bond motifs is 1. The first kappa shape index (κ1) is 8.51. The molecule has 0 saturated heterocycles. The topological polar surface area (TPSA) is 45.2 Å². The molecule has 1 aromatic heterocycles. The van der Waals surface area contributed by atoms with Gasteiger partial charge in [0.05, 0.1) is 5.69 Å². The number of nitrogens with one attached hydrogen (secondary N) is 1. The lowest BCUT2D eigenvalue weighted by Crippen LogP contribution is -2.19. The van der Waals surface area contributed by atoms with E-state index in [0.717, 1.165) is 29.9 Å². The van der Waals surface area contributed by atoms with Gasteiger partial charge < -0.3 is 10.4 Å². The van der Waals surface area contributed by atoms with Gasteiger partial charge in [-0.15, -0.1) is 0 Å². The lowest BCUT2D eigenvalue weighted by Gasteiger charge is -2.19. The van der Waals surface area contributed by atoms with Crippen molar-refractivity contribution in [3.8, 4) is 0 Å². The Labute approximate surface area is 77.8 Å². The van der Waals surface area contributed by atoms with Crippen molar-refractivity contribution in [3.05, 3.63) is 23.5 Å². The second-order valence-corrected chi connectivity index (χ2v) is 3.92. The van der Waals surface area contributed by atoms with E-state index in [-0.39, 0.29) is 0 Å². The Bertz CT molecular complexity index is 328. The van der Waals surface area contributed by atoms with E-state index in [1.54, 1.807) is 20.0 Å². The summed E-state index contributed by atoms with van der Waals surface area (Å²) < 4.78 is 0. The minimum absolute atomic E-state index is 0.801. The summed E-state index contributed by atoms with van der Waals surface area (Å²) in [5, 5.41) is 13.1. The first-order valence-corrected chi connectivity index (χ1v) is 4.53. The van der Waals surface area contributed by atoms with Crippen LogP contribution in [-0.2, 0) is 12.0 Å². The predicted molar refractivity (Wildman–Crippen MR) is 51.7 cm³/mol. The smallest absolute Gasteiger partial charge is 0.101 e. The molecule has 2 rings (SSSR count). The SMILES string of the molecule is CC(C)(O)c1nccc2c1CCN2. The van der Waals surface area contributed by atoms with E-state index in [9.17, 15) is 5.11 Å². The Hall–Kier alpha value is -1.09. The zero-order valence-corrected chi connectivity index (χ0v) is 7.96. The molecule has 2 heterocycles. The lowest BCUT2D eigenvalue weighted by molar-refractivity contribution is 0.0730. The van der Waals surface area contributed by atoms with Crippen molar-refractivity contribution >= 4 is 5.69 Å². The third-order valence-electron chi connectivity index (χ3n) is 2.33. The molecule has 70 valence electrons. The monoisotopic (exact) mass is 178 g/mol. The normalized spacial score (nSPS) is 15.3. The fourth-order valence-corrected chi connectivity index (χ4v) is 1.76. The molecule has 0 spiro atoms. The third kappa shape index (κ3) is 1.40. The molecule has 0 fully saturated rings. The fraction of sp³-hybridized carbons (Fsp3) is 0.500. The maximum atomic E-state index is 9.86. The van der Waals surface area contributed by atoms with E-state index >= 15 is 0 Å². The van der Waals surface area contributed by atoms with Gasteiger partial charge in [0, 0.05) is 24.0 Å². The van der Waals surface area contributed by atoms with Crippen LogP contribution in [0.1, 0.15) is 25.1 Å². The van der Waals surface area contributed by atoms with Gasteiger partial charge in [-0.1, -0.05) is 0 Å².